The van der Waals surface area contributed by atoms with Crippen LogP contribution in [0.4, 0.5) is 5.69 Å². The molecule has 5 nitrogen and oxygen atoms in total. The highest BCUT2D eigenvalue weighted by molar-refractivity contribution is 6.30. The number of para-hydroxylation sites is 1. The number of hydrogen-bond donors (Lipinski definition) is 1. The van der Waals surface area contributed by atoms with Gasteiger partial charge in [0.15, 0.2) is 6.10 Å². The topological polar surface area (TPSA) is 50.8 Å². The second-order valence-electron chi connectivity index (χ2n) is 8.09. The minimum Gasteiger partial charge on any atom is -0.494 e. The Hall–Kier alpha value is -3.02. The van der Waals surface area contributed by atoms with Crippen LogP contribution in [0.15, 0.2) is 72.8 Å². The van der Waals surface area contributed by atoms with Crippen molar-refractivity contribution in [1.29, 1.82) is 0 Å². The summed E-state index contributed by atoms with van der Waals surface area (Å²) in [5, 5.41) is 4.15. The van der Waals surface area contributed by atoms with Gasteiger partial charge < -0.3 is 19.7 Å². The van der Waals surface area contributed by atoms with Crippen molar-refractivity contribution >= 4 is 23.2 Å². The second-order valence-corrected chi connectivity index (χ2v) is 8.52. The number of amides is 1. The summed E-state index contributed by atoms with van der Waals surface area (Å²) in [5.74, 6) is 1.50. The Labute approximate surface area is 200 Å². The highest BCUT2D eigenvalue weighted by atomic mass is 35.5. The Bertz CT molecular complexity index is 1070. The van der Waals surface area contributed by atoms with E-state index in [0.29, 0.717) is 23.9 Å². The van der Waals surface area contributed by atoms with E-state index >= 15 is 0 Å². The third-order valence-corrected chi connectivity index (χ3v) is 6.04. The standard InChI is InChI=1S/C27H29ClN2O3/c1-3-32-22-12-8-20(9-13-22)16-17-29-18-25-26(33-23-14-10-21(28)11-15-23)27(31)30(25)24-7-5-4-6-19(24)2/h4-15,25-26,29H,3,16-18H2,1-2H3/t25-,26+/m0/s1. The number of ether oxygens (including phenoxy) is 2. The van der Waals surface area contributed by atoms with Crippen LogP contribution in [-0.4, -0.2) is 37.7 Å². The van der Waals surface area contributed by atoms with Crippen LogP contribution in [0.1, 0.15) is 18.1 Å². The van der Waals surface area contributed by atoms with Crippen LogP contribution < -0.4 is 19.7 Å². The molecule has 0 spiro atoms. The summed E-state index contributed by atoms with van der Waals surface area (Å²) < 4.78 is 11.6. The summed E-state index contributed by atoms with van der Waals surface area (Å²) in [4.78, 5) is 14.9. The molecule has 1 N–H and O–H groups in total. The Morgan fingerprint density at radius 2 is 1.67 bits per heavy atom. The Kier molecular flexibility index (Phi) is 7.53. The van der Waals surface area contributed by atoms with Crippen molar-refractivity contribution < 1.29 is 14.3 Å². The van der Waals surface area contributed by atoms with Gasteiger partial charge in [0.05, 0.1) is 12.6 Å². The summed E-state index contributed by atoms with van der Waals surface area (Å²) in [7, 11) is 0. The molecule has 0 aromatic heterocycles. The van der Waals surface area contributed by atoms with Crippen LogP contribution in [0.3, 0.4) is 0 Å². The molecular formula is C27H29ClN2O3. The minimum absolute atomic E-state index is 0.0300. The van der Waals surface area contributed by atoms with E-state index in [-0.39, 0.29) is 11.9 Å². The van der Waals surface area contributed by atoms with Gasteiger partial charge >= 0.3 is 0 Å². The number of benzene rings is 3. The van der Waals surface area contributed by atoms with Crippen LogP contribution in [0.5, 0.6) is 11.5 Å². The van der Waals surface area contributed by atoms with E-state index in [9.17, 15) is 4.79 Å². The van der Waals surface area contributed by atoms with E-state index in [1.54, 1.807) is 24.3 Å². The quantitative estimate of drug-likeness (QED) is 0.337. The fourth-order valence-electron chi connectivity index (χ4n) is 4.04. The van der Waals surface area contributed by atoms with E-state index in [2.05, 4.69) is 17.4 Å². The van der Waals surface area contributed by atoms with Crippen LogP contribution in [-0.2, 0) is 11.2 Å². The van der Waals surface area contributed by atoms with Crippen molar-refractivity contribution in [1.82, 2.24) is 5.32 Å². The molecule has 6 heteroatoms. The van der Waals surface area contributed by atoms with Crippen LogP contribution in [0.2, 0.25) is 5.02 Å². The fourth-order valence-corrected chi connectivity index (χ4v) is 4.16. The van der Waals surface area contributed by atoms with Gasteiger partial charge in [-0.3, -0.25) is 4.79 Å². The predicted molar refractivity (Wildman–Crippen MR) is 133 cm³/mol. The monoisotopic (exact) mass is 464 g/mol. The second kappa shape index (κ2) is 10.7. The number of anilines is 1. The lowest BCUT2D eigenvalue weighted by atomic mass is 9.95. The molecule has 172 valence electrons. The van der Waals surface area contributed by atoms with Crippen molar-refractivity contribution in [3.8, 4) is 11.5 Å². The first-order valence-electron chi connectivity index (χ1n) is 11.3. The molecule has 1 aliphatic rings. The van der Waals surface area contributed by atoms with Gasteiger partial charge in [-0.05, 0) is 80.4 Å². The van der Waals surface area contributed by atoms with Gasteiger partial charge in [-0.15, -0.1) is 0 Å². The zero-order chi connectivity index (χ0) is 23.2. The summed E-state index contributed by atoms with van der Waals surface area (Å²) >= 11 is 5.99. The number of nitrogens with one attached hydrogen (secondary N) is 1. The molecule has 1 aliphatic heterocycles. The average molecular weight is 465 g/mol. The molecular weight excluding hydrogens is 436 g/mol. The van der Waals surface area contributed by atoms with E-state index in [0.717, 1.165) is 30.0 Å². The molecule has 1 heterocycles. The van der Waals surface area contributed by atoms with E-state index < -0.39 is 6.10 Å². The van der Waals surface area contributed by atoms with Crippen molar-refractivity contribution in [2.24, 2.45) is 0 Å². The number of β-lactam (4-membered cyclic amide) rings is 1. The number of carbonyl (C=O) groups is 1. The third kappa shape index (κ3) is 5.49. The first-order valence-corrected chi connectivity index (χ1v) is 11.7. The van der Waals surface area contributed by atoms with Gasteiger partial charge in [-0.1, -0.05) is 41.9 Å². The highest BCUT2D eigenvalue weighted by Gasteiger charge is 2.50. The van der Waals surface area contributed by atoms with Gasteiger partial charge in [-0.25, -0.2) is 0 Å². The molecule has 0 saturated carbocycles. The predicted octanol–water partition coefficient (Wildman–Crippen LogP) is 5.04. The number of carbonyl (C=O) groups excluding carboxylic acids is 1. The summed E-state index contributed by atoms with van der Waals surface area (Å²) in [6, 6.07) is 23.1. The number of hydrogen-bond acceptors (Lipinski definition) is 4. The lowest BCUT2D eigenvalue weighted by Gasteiger charge is -2.47. The average Bonchev–Trinajstić information content (AvgIpc) is 2.83. The zero-order valence-electron chi connectivity index (χ0n) is 19.0. The molecule has 0 aliphatic carbocycles. The largest absolute Gasteiger partial charge is 0.494 e. The summed E-state index contributed by atoms with van der Waals surface area (Å²) in [6.45, 7) is 6.10. The number of aryl methyl sites for hydroxylation is 1. The van der Waals surface area contributed by atoms with Crippen molar-refractivity contribution in [2.75, 3.05) is 24.6 Å². The van der Waals surface area contributed by atoms with Crippen LogP contribution in [0, 0.1) is 6.92 Å². The highest BCUT2D eigenvalue weighted by Crippen LogP contribution is 2.33. The molecule has 4 rings (SSSR count). The molecule has 2 atom stereocenters. The number of halogens is 1. The molecule has 1 fully saturated rings. The Morgan fingerprint density at radius 3 is 2.36 bits per heavy atom. The lowest BCUT2D eigenvalue weighted by molar-refractivity contribution is -0.134. The maximum absolute atomic E-state index is 13.1. The Balaban J connectivity index is 1.40. The molecule has 3 aromatic rings. The van der Waals surface area contributed by atoms with Gasteiger partial charge in [0.1, 0.15) is 11.5 Å². The summed E-state index contributed by atoms with van der Waals surface area (Å²) in [5.41, 5.74) is 3.23. The minimum atomic E-state index is -0.538. The maximum Gasteiger partial charge on any atom is 0.270 e. The van der Waals surface area contributed by atoms with Gasteiger partial charge in [0, 0.05) is 17.3 Å². The van der Waals surface area contributed by atoms with Crippen molar-refractivity contribution in [3.63, 3.8) is 0 Å². The van der Waals surface area contributed by atoms with Gasteiger partial charge in [-0.2, -0.15) is 0 Å². The van der Waals surface area contributed by atoms with Crippen molar-refractivity contribution in [3.05, 3.63) is 88.9 Å². The molecule has 0 radical (unpaired) electrons. The first kappa shape index (κ1) is 23.1. The lowest BCUT2D eigenvalue weighted by Crippen LogP contribution is -2.70. The fraction of sp³-hybridized carbons (Fsp3) is 0.296. The molecule has 0 bridgehead atoms. The first-order chi connectivity index (χ1) is 16.1. The Morgan fingerprint density at radius 1 is 0.970 bits per heavy atom. The van der Waals surface area contributed by atoms with E-state index in [1.165, 1.54) is 5.56 Å². The van der Waals surface area contributed by atoms with Gasteiger partial charge in [0.25, 0.3) is 5.91 Å². The van der Waals surface area contributed by atoms with Crippen LogP contribution in [0.25, 0.3) is 0 Å². The molecule has 0 unspecified atom stereocenters. The van der Waals surface area contributed by atoms with E-state index in [1.807, 2.05) is 55.1 Å². The molecule has 3 aromatic carbocycles. The maximum atomic E-state index is 13.1. The molecule has 33 heavy (non-hydrogen) atoms. The number of nitrogens with zero attached hydrogens (tertiary/aromatic N) is 1. The van der Waals surface area contributed by atoms with E-state index in [4.69, 9.17) is 21.1 Å². The normalized spacial score (nSPS) is 17.5. The summed E-state index contributed by atoms with van der Waals surface area (Å²) in [6.07, 6.45) is 0.351. The third-order valence-electron chi connectivity index (χ3n) is 5.79. The number of rotatable bonds is 10. The smallest absolute Gasteiger partial charge is 0.270 e. The molecule has 1 amide bonds. The SMILES string of the molecule is CCOc1ccc(CCNC[C@H]2[C@@H](Oc3ccc(Cl)cc3)C(=O)N2c2ccccc2C)cc1. The molecule has 1 saturated heterocycles. The van der Waals surface area contributed by atoms with Crippen LogP contribution >= 0.6 is 11.6 Å². The van der Waals surface area contributed by atoms with Crippen molar-refractivity contribution in [2.45, 2.75) is 32.4 Å². The zero-order valence-corrected chi connectivity index (χ0v) is 19.7. The van der Waals surface area contributed by atoms with Gasteiger partial charge in [0.2, 0.25) is 0 Å².